The van der Waals surface area contributed by atoms with Crippen LogP contribution in [0, 0.1) is 5.92 Å². The van der Waals surface area contributed by atoms with E-state index < -0.39 is 0 Å². The van der Waals surface area contributed by atoms with Gasteiger partial charge in [-0.2, -0.15) is 0 Å². The Labute approximate surface area is 99.9 Å². The molecule has 1 saturated carbocycles. The highest BCUT2D eigenvalue weighted by Crippen LogP contribution is 2.25. The fourth-order valence-corrected chi connectivity index (χ4v) is 2.42. The molecular formula is C11H17N3OS. The van der Waals surface area contributed by atoms with Crippen LogP contribution in [0.4, 0.5) is 5.82 Å². The Balaban J connectivity index is 1.88. The molecule has 1 fully saturated rings. The van der Waals surface area contributed by atoms with Crippen molar-refractivity contribution in [1.82, 2.24) is 9.97 Å². The molecule has 0 spiro atoms. The zero-order chi connectivity index (χ0) is 11.4. The second-order valence-corrected chi connectivity index (χ2v) is 4.91. The molecule has 88 valence electrons. The summed E-state index contributed by atoms with van der Waals surface area (Å²) in [6, 6.07) is 1.94. The predicted octanol–water partition coefficient (Wildman–Crippen LogP) is 1.77. The van der Waals surface area contributed by atoms with Gasteiger partial charge in [0.05, 0.1) is 6.10 Å². The molecule has 0 aliphatic heterocycles. The largest absolute Gasteiger partial charge is 0.393 e. The van der Waals surface area contributed by atoms with Crippen LogP contribution in [0.2, 0.25) is 0 Å². The van der Waals surface area contributed by atoms with Gasteiger partial charge in [0.1, 0.15) is 17.2 Å². The molecule has 2 rings (SSSR count). The number of aliphatic hydroxyl groups is 1. The van der Waals surface area contributed by atoms with Crippen molar-refractivity contribution in [3.63, 3.8) is 0 Å². The number of rotatable bonds is 4. The third kappa shape index (κ3) is 2.86. The lowest BCUT2D eigenvalue weighted by Gasteiger charge is -2.15. The Morgan fingerprint density at radius 1 is 1.50 bits per heavy atom. The van der Waals surface area contributed by atoms with Gasteiger partial charge in [0.25, 0.3) is 0 Å². The maximum atomic E-state index is 9.69. The van der Waals surface area contributed by atoms with Gasteiger partial charge in [-0.25, -0.2) is 9.97 Å². The monoisotopic (exact) mass is 239 g/mol. The summed E-state index contributed by atoms with van der Waals surface area (Å²) in [6.45, 7) is 0.798. The van der Waals surface area contributed by atoms with E-state index in [1.165, 1.54) is 0 Å². The minimum atomic E-state index is -0.144. The van der Waals surface area contributed by atoms with E-state index in [1.807, 2.05) is 12.3 Å². The normalized spacial score (nSPS) is 24.6. The number of hydrogen-bond acceptors (Lipinski definition) is 5. The highest BCUT2D eigenvalue weighted by Gasteiger charge is 2.24. The number of aliphatic hydroxyl groups excluding tert-OH is 1. The maximum absolute atomic E-state index is 9.69. The van der Waals surface area contributed by atoms with Crippen molar-refractivity contribution < 1.29 is 5.11 Å². The fraction of sp³-hybridized carbons (Fsp3) is 0.636. The summed E-state index contributed by atoms with van der Waals surface area (Å²) in [5.74, 6) is 1.21. The predicted molar refractivity (Wildman–Crippen MR) is 65.7 cm³/mol. The molecule has 1 aromatic rings. The van der Waals surface area contributed by atoms with Gasteiger partial charge in [-0.15, -0.1) is 11.8 Å². The summed E-state index contributed by atoms with van der Waals surface area (Å²) >= 11 is 1.60. The standard InChI is InChI=1S/C11H17N3OS/c1-16-11-5-10(13-7-14-11)12-6-8-3-2-4-9(8)15/h5,7-9,15H,2-4,6H2,1H3,(H,12,13,14). The van der Waals surface area contributed by atoms with E-state index in [-0.39, 0.29) is 6.10 Å². The summed E-state index contributed by atoms with van der Waals surface area (Å²) in [7, 11) is 0. The van der Waals surface area contributed by atoms with Gasteiger partial charge >= 0.3 is 0 Å². The quantitative estimate of drug-likeness (QED) is 0.619. The molecule has 4 nitrogen and oxygen atoms in total. The summed E-state index contributed by atoms with van der Waals surface area (Å²) in [4.78, 5) is 8.27. The van der Waals surface area contributed by atoms with Gasteiger partial charge in [-0.05, 0) is 19.1 Å². The molecule has 1 heterocycles. The zero-order valence-electron chi connectivity index (χ0n) is 9.39. The van der Waals surface area contributed by atoms with Gasteiger partial charge in [-0.3, -0.25) is 0 Å². The first-order valence-corrected chi connectivity index (χ1v) is 6.80. The van der Waals surface area contributed by atoms with Crippen LogP contribution in [0.1, 0.15) is 19.3 Å². The highest BCUT2D eigenvalue weighted by molar-refractivity contribution is 7.98. The van der Waals surface area contributed by atoms with E-state index >= 15 is 0 Å². The first-order chi connectivity index (χ1) is 7.79. The van der Waals surface area contributed by atoms with E-state index in [1.54, 1.807) is 18.1 Å². The van der Waals surface area contributed by atoms with E-state index in [4.69, 9.17) is 0 Å². The number of nitrogens with zero attached hydrogens (tertiary/aromatic N) is 2. The molecule has 1 aliphatic rings. The van der Waals surface area contributed by atoms with Crippen LogP contribution in [0.25, 0.3) is 0 Å². The van der Waals surface area contributed by atoms with Crippen LogP contribution in [-0.2, 0) is 0 Å². The number of nitrogens with one attached hydrogen (secondary N) is 1. The lowest BCUT2D eigenvalue weighted by molar-refractivity contribution is 0.138. The van der Waals surface area contributed by atoms with Crippen LogP contribution >= 0.6 is 11.8 Å². The molecule has 2 atom stereocenters. The molecule has 0 amide bonds. The number of thioether (sulfide) groups is 1. The van der Waals surface area contributed by atoms with Crippen LogP contribution in [0.5, 0.6) is 0 Å². The van der Waals surface area contributed by atoms with E-state index in [9.17, 15) is 5.11 Å². The maximum Gasteiger partial charge on any atom is 0.130 e. The minimum absolute atomic E-state index is 0.144. The highest BCUT2D eigenvalue weighted by atomic mass is 32.2. The third-order valence-corrected chi connectivity index (χ3v) is 3.66. The van der Waals surface area contributed by atoms with Crippen LogP contribution < -0.4 is 5.32 Å². The van der Waals surface area contributed by atoms with E-state index in [0.29, 0.717) is 5.92 Å². The topological polar surface area (TPSA) is 58.0 Å². The first-order valence-electron chi connectivity index (χ1n) is 5.57. The van der Waals surface area contributed by atoms with Crippen molar-refractivity contribution in [1.29, 1.82) is 0 Å². The van der Waals surface area contributed by atoms with Crippen molar-refractivity contribution in [2.75, 3.05) is 18.1 Å². The Kier molecular flexibility index (Phi) is 4.01. The van der Waals surface area contributed by atoms with Gasteiger partial charge in [0.15, 0.2) is 0 Å². The molecule has 1 aromatic heterocycles. The van der Waals surface area contributed by atoms with Crippen molar-refractivity contribution >= 4 is 17.6 Å². The molecule has 0 bridgehead atoms. The summed E-state index contributed by atoms with van der Waals surface area (Å²) in [6.07, 6.45) is 6.59. The number of hydrogen-bond donors (Lipinski definition) is 2. The average Bonchev–Trinajstić information content (AvgIpc) is 2.72. The third-order valence-electron chi connectivity index (χ3n) is 3.02. The van der Waals surface area contributed by atoms with Crippen LogP contribution in [0.3, 0.4) is 0 Å². The van der Waals surface area contributed by atoms with Crippen LogP contribution in [0.15, 0.2) is 17.4 Å². The minimum Gasteiger partial charge on any atom is -0.393 e. The van der Waals surface area contributed by atoms with Gasteiger partial charge in [-0.1, -0.05) is 6.42 Å². The molecule has 5 heteroatoms. The molecule has 0 saturated heterocycles. The zero-order valence-corrected chi connectivity index (χ0v) is 10.2. The van der Waals surface area contributed by atoms with Crippen molar-refractivity contribution in [3.05, 3.63) is 12.4 Å². The Morgan fingerprint density at radius 3 is 3.06 bits per heavy atom. The SMILES string of the molecule is CSc1cc(NCC2CCCC2O)ncn1. The smallest absolute Gasteiger partial charge is 0.130 e. The first kappa shape index (κ1) is 11.7. The molecule has 2 N–H and O–H groups in total. The molecular weight excluding hydrogens is 222 g/mol. The van der Waals surface area contributed by atoms with Gasteiger partial charge in [0.2, 0.25) is 0 Å². The molecule has 0 radical (unpaired) electrons. The van der Waals surface area contributed by atoms with Crippen LogP contribution in [-0.4, -0.2) is 34.0 Å². The molecule has 0 aromatic carbocycles. The van der Waals surface area contributed by atoms with Gasteiger partial charge in [0, 0.05) is 18.5 Å². The molecule has 16 heavy (non-hydrogen) atoms. The summed E-state index contributed by atoms with van der Waals surface area (Å²) in [5, 5.41) is 13.9. The lowest BCUT2D eigenvalue weighted by Crippen LogP contribution is -2.22. The lowest BCUT2D eigenvalue weighted by atomic mass is 10.1. The Hall–Kier alpha value is -0.810. The van der Waals surface area contributed by atoms with Crippen molar-refractivity contribution in [2.45, 2.75) is 30.4 Å². The fourth-order valence-electron chi connectivity index (χ4n) is 2.04. The number of anilines is 1. The van der Waals surface area contributed by atoms with Crippen molar-refractivity contribution in [2.24, 2.45) is 5.92 Å². The van der Waals surface area contributed by atoms with Gasteiger partial charge < -0.3 is 10.4 Å². The number of aromatic nitrogens is 2. The second-order valence-electron chi connectivity index (χ2n) is 4.08. The summed E-state index contributed by atoms with van der Waals surface area (Å²) in [5.41, 5.74) is 0. The molecule has 1 aliphatic carbocycles. The summed E-state index contributed by atoms with van der Waals surface area (Å²) < 4.78 is 0. The molecule has 2 unspecified atom stereocenters. The van der Waals surface area contributed by atoms with E-state index in [2.05, 4.69) is 15.3 Å². The second kappa shape index (κ2) is 5.50. The Morgan fingerprint density at radius 2 is 2.38 bits per heavy atom. The average molecular weight is 239 g/mol. The Bertz CT molecular complexity index is 348. The van der Waals surface area contributed by atoms with Crippen molar-refractivity contribution in [3.8, 4) is 0 Å². The van der Waals surface area contributed by atoms with E-state index in [0.717, 1.165) is 36.7 Å².